The average molecular weight is 285 g/mol. The van der Waals surface area contributed by atoms with Crippen molar-refractivity contribution in [2.75, 3.05) is 13.9 Å². The first kappa shape index (κ1) is 12.3. The highest BCUT2D eigenvalue weighted by Gasteiger charge is 2.31. The van der Waals surface area contributed by atoms with Crippen LogP contribution in [0.25, 0.3) is 0 Å². The first-order valence-electron chi connectivity index (χ1n) is 3.93. The van der Waals surface area contributed by atoms with Gasteiger partial charge >= 0.3 is 6.18 Å². The molecule has 0 N–H and O–H groups in total. The molecule has 0 aromatic heterocycles. The minimum atomic E-state index is -4.38. The van der Waals surface area contributed by atoms with E-state index in [9.17, 15) is 13.2 Å². The summed E-state index contributed by atoms with van der Waals surface area (Å²) in [4.78, 5) is 0. The predicted molar refractivity (Wildman–Crippen MR) is 51.6 cm³/mol. The van der Waals surface area contributed by atoms with Gasteiger partial charge in [0.2, 0.25) is 0 Å². The maximum absolute atomic E-state index is 12.4. The molecule has 84 valence electrons. The molecule has 0 spiro atoms. The second-order valence-electron chi connectivity index (χ2n) is 2.72. The summed E-state index contributed by atoms with van der Waals surface area (Å²) < 4.78 is 46.9. The van der Waals surface area contributed by atoms with E-state index in [-0.39, 0.29) is 12.5 Å². The summed E-state index contributed by atoms with van der Waals surface area (Å²) in [5.41, 5.74) is -0.761. The van der Waals surface area contributed by atoms with Gasteiger partial charge in [-0.3, -0.25) is 0 Å². The topological polar surface area (TPSA) is 18.5 Å². The van der Waals surface area contributed by atoms with E-state index in [4.69, 9.17) is 4.74 Å². The zero-order chi connectivity index (χ0) is 11.5. The molecule has 2 nitrogen and oxygen atoms in total. The van der Waals surface area contributed by atoms with Gasteiger partial charge in [0.25, 0.3) is 0 Å². The molecule has 0 aliphatic heterocycles. The van der Waals surface area contributed by atoms with E-state index in [0.29, 0.717) is 4.47 Å². The Kier molecular flexibility index (Phi) is 3.98. The molecule has 0 saturated carbocycles. The Balaban J connectivity index is 2.95. The van der Waals surface area contributed by atoms with Gasteiger partial charge in [0.1, 0.15) is 5.75 Å². The van der Waals surface area contributed by atoms with Gasteiger partial charge in [-0.2, -0.15) is 13.2 Å². The van der Waals surface area contributed by atoms with Crippen molar-refractivity contribution in [1.82, 2.24) is 0 Å². The number of rotatable bonds is 3. The van der Waals surface area contributed by atoms with Crippen molar-refractivity contribution in [2.24, 2.45) is 0 Å². The van der Waals surface area contributed by atoms with Crippen molar-refractivity contribution >= 4 is 15.9 Å². The van der Waals surface area contributed by atoms with Crippen LogP contribution in [0.1, 0.15) is 5.56 Å². The molecule has 0 unspecified atom stereocenters. The molecule has 1 aromatic carbocycles. The van der Waals surface area contributed by atoms with E-state index in [0.717, 1.165) is 12.1 Å². The van der Waals surface area contributed by atoms with E-state index in [1.54, 1.807) is 0 Å². The summed E-state index contributed by atoms with van der Waals surface area (Å²) in [5, 5.41) is 0. The standard InChI is InChI=1S/C9H8BrF3O2/c1-14-5-15-8-3-6(9(11,12)13)2-7(10)4-8/h2-4H,5H2,1H3. The van der Waals surface area contributed by atoms with Crippen molar-refractivity contribution in [3.63, 3.8) is 0 Å². The Hall–Kier alpha value is -0.750. The van der Waals surface area contributed by atoms with E-state index in [1.807, 2.05) is 0 Å². The first-order chi connectivity index (χ1) is 6.93. The van der Waals surface area contributed by atoms with Crippen LogP contribution >= 0.6 is 15.9 Å². The molecule has 0 bridgehead atoms. The van der Waals surface area contributed by atoms with E-state index < -0.39 is 11.7 Å². The maximum atomic E-state index is 12.4. The maximum Gasteiger partial charge on any atom is 0.416 e. The second-order valence-corrected chi connectivity index (χ2v) is 3.64. The van der Waals surface area contributed by atoms with Gasteiger partial charge in [-0.05, 0) is 18.2 Å². The third-order valence-electron chi connectivity index (χ3n) is 1.54. The molecule has 15 heavy (non-hydrogen) atoms. The zero-order valence-electron chi connectivity index (χ0n) is 7.77. The summed E-state index contributed by atoms with van der Waals surface area (Å²) in [5.74, 6) is 0.110. The third-order valence-corrected chi connectivity index (χ3v) is 2.00. The highest BCUT2D eigenvalue weighted by Crippen LogP contribution is 2.34. The third kappa shape index (κ3) is 3.71. The fourth-order valence-corrected chi connectivity index (χ4v) is 1.41. The molecule has 0 saturated heterocycles. The Morgan fingerprint density at radius 1 is 1.27 bits per heavy atom. The number of alkyl halides is 3. The lowest BCUT2D eigenvalue weighted by atomic mass is 10.2. The fourth-order valence-electron chi connectivity index (χ4n) is 0.937. The van der Waals surface area contributed by atoms with Crippen molar-refractivity contribution in [3.8, 4) is 5.75 Å². The van der Waals surface area contributed by atoms with Crippen molar-refractivity contribution in [1.29, 1.82) is 0 Å². The van der Waals surface area contributed by atoms with E-state index in [1.165, 1.54) is 13.2 Å². The first-order valence-corrected chi connectivity index (χ1v) is 4.72. The average Bonchev–Trinajstić information content (AvgIpc) is 2.12. The van der Waals surface area contributed by atoms with Crippen molar-refractivity contribution in [3.05, 3.63) is 28.2 Å². The van der Waals surface area contributed by atoms with Crippen LogP contribution in [0.3, 0.4) is 0 Å². The largest absolute Gasteiger partial charge is 0.468 e. The summed E-state index contributed by atoms with van der Waals surface area (Å²) in [6, 6.07) is 3.34. The number of benzene rings is 1. The molecule has 0 heterocycles. The monoisotopic (exact) mass is 284 g/mol. The van der Waals surface area contributed by atoms with Crippen LogP contribution in [0, 0.1) is 0 Å². The fraction of sp³-hybridized carbons (Fsp3) is 0.333. The number of hydrogen-bond acceptors (Lipinski definition) is 2. The second kappa shape index (κ2) is 4.85. The van der Waals surface area contributed by atoms with Crippen LogP contribution < -0.4 is 4.74 Å². The lowest BCUT2D eigenvalue weighted by molar-refractivity contribution is -0.137. The van der Waals surface area contributed by atoms with Crippen molar-refractivity contribution < 1.29 is 22.6 Å². The molecule has 0 atom stereocenters. The summed E-state index contributed by atoms with van der Waals surface area (Å²) >= 11 is 2.98. The van der Waals surface area contributed by atoms with Gasteiger partial charge < -0.3 is 9.47 Å². The van der Waals surface area contributed by atoms with Crippen LogP contribution in [0.2, 0.25) is 0 Å². The number of methoxy groups -OCH3 is 1. The number of halogens is 4. The highest BCUT2D eigenvalue weighted by molar-refractivity contribution is 9.10. The van der Waals surface area contributed by atoms with Gasteiger partial charge in [-0.15, -0.1) is 0 Å². The van der Waals surface area contributed by atoms with Crippen LogP contribution in [0.4, 0.5) is 13.2 Å². The molecule has 1 rings (SSSR count). The highest BCUT2D eigenvalue weighted by atomic mass is 79.9. The van der Waals surface area contributed by atoms with E-state index in [2.05, 4.69) is 20.7 Å². The molecule has 6 heteroatoms. The molecule has 0 fully saturated rings. The Bertz CT molecular complexity index is 339. The zero-order valence-corrected chi connectivity index (χ0v) is 9.35. The minimum absolute atomic E-state index is 0.0895. The minimum Gasteiger partial charge on any atom is -0.468 e. The smallest absolute Gasteiger partial charge is 0.416 e. The quantitative estimate of drug-likeness (QED) is 0.792. The van der Waals surface area contributed by atoms with Crippen LogP contribution in [0.15, 0.2) is 22.7 Å². The predicted octanol–water partition coefficient (Wildman–Crippen LogP) is 3.45. The van der Waals surface area contributed by atoms with E-state index >= 15 is 0 Å². The molecule has 0 aliphatic rings. The molecule has 0 amide bonds. The molecule has 0 radical (unpaired) electrons. The Morgan fingerprint density at radius 2 is 1.93 bits per heavy atom. The van der Waals surface area contributed by atoms with Crippen molar-refractivity contribution in [2.45, 2.75) is 6.18 Å². The lowest BCUT2D eigenvalue weighted by Crippen LogP contribution is -2.06. The molecular weight excluding hydrogens is 277 g/mol. The Morgan fingerprint density at radius 3 is 2.47 bits per heavy atom. The molecular formula is C9H8BrF3O2. The summed E-state index contributed by atoms with van der Waals surface area (Å²) in [6.07, 6.45) is -4.38. The van der Waals surface area contributed by atoms with Crippen LogP contribution in [0.5, 0.6) is 5.75 Å². The van der Waals surface area contributed by atoms with Crippen LogP contribution in [-0.4, -0.2) is 13.9 Å². The Labute approximate surface area is 93.1 Å². The van der Waals surface area contributed by atoms with Gasteiger partial charge in [-0.25, -0.2) is 0 Å². The van der Waals surface area contributed by atoms with Gasteiger partial charge in [0, 0.05) is 11.6 Å². The normalized spacial score (nSPS) is 11.5. The summed E-state index contributed by atoms with van der Waals surface area (Å²) in [6.45, 7) is -0.0895. The van der Waals surface area contributed by atoms with Gasteiger partial charge in [0.15, 0.2) is 6.79 Å². The van der Waals surface area contributed by atoms with Gasteiger partial charge in [0.05, 0.1) is 5.56 Å². The molecule has 0 aliphatic carbocycles. The SMILES string of the molecule is COCOc1cc(Br)cc(C(F)(F)F)c1. The van der Waals surface area contributed by atoms with Crippen LogP contribution in [-0.2, 0) is 10.9 Å². The summed E-state index contributed by atoms with van der Waals surface area (Å²) in [7, 11) is 1.39. The van der Waals surface area contributed by atoms with Gasteiger partial charge in [-0.1, -0.05) is 15.9 Å². The molecule has 1 aromatic rings. The number of hydrogen-bond donors (Lipinski definition) is 0. The lowest BCUT2D eigenvalue weighted by Gasteiger charge is -2.10. The number of ether oxygens (including phenoxy) is 2.